The molecule has 0 atom stereocenters. The fourth-order valence-electron chi connectivity index (χ4n) is 1.72. The van der Waals surface area contributed by atoms with E-state index in [9.17, 15) is 9.18 Å². The van der Waals surface area contributed by atoms with E-state index in [0.717, 1.165) is 9.58 Å². The topological polar surface area (TPSA) is 66.0 Å². The lowest BCUT2D eigenvalue weighted by molar-refractivity contribution is 0.0690. The van der Waals surface area contributed by atoms with Gasteiger partial charge in [0, 0.05) is 10.1 Å². The predicted molar refractivity (Wildman–Crippen MR) is 66.3 cm³/mol. The maximum absolute atomic E-state index is 13.5. The largest absolute Gasteiger partial charge is 0.476 e. The van der Waals surface area contributed by atoms with Crippen molar-refractivity contribution in [2.45, 2.75) is 0 Å². The van der Waals surface area contributed by atoms with Crippen LogP contribution in [0.5, 0.6) is 0 Å². The molecule has 3 aromatic rings. The van der Waals surface area contributed by atoms with Crippen molar-refractivity contribution in [2.75, 3.05) is 0 Å². The van der Waals surface area contributed by atoms with Crippen LogP contribution in [0.15, 0.2) is 30.3 Å². The van der Waals surface area contributed by atoms with Gasteiger partial charge >= 0.3 is 5.97 Å². The van der Waals surface area contributed by atoms with E-state index in [4.69, 9.17) is 5.11 Å². The van der Waals surface area contributed by atoms with E-state index in [0.29, 0.717) is 11.1 Å². The van der Waals surface area contributed by atoms with E-state index >= 15 is 0 Å². The number of hydrogen-bond acceptors (Lipinski definition) is 3. The van der Waals surface area contributed by atoms with Gasteiger partial charge < -0.3 is 5.11 Å². The number of hydrogen-bond donors (Lipinski definition) is 2. The summed E-state index contributed by atoms with van der Waals surface area (Å²) in [5.74, 6) is -1.38. The van der Waals surface area contributed by atoms with E-state index in [1.807, 2.05) is 6.07 Å². The predicted octanol–water partition coefficient (Wildman–Crippen LogP) is 3.13. The van der Waals surface area contributed by atoms with Crippen LogP contribution in [0, 0.1) is 5.82 Å². The van der Waals surface area contributed by atoms with E-state index < -0.39 is 5.97 Å². The summed E-state index contributed by atoms with van der Waals surface area (Å²) in [6, 6.07) is 7.99. The third-order valence-corrected chi connectivity index (χ3v) is 3.70. The second kappa shape index (κ2) is 3.92. The van der Waals surface area contributed by atoms with Gasteiger partial charge in [0.05, 0.1) is 10.6 Å². The Morgan fingerprint density at radius 1 is 1.39 bits per heavy atom. The molecule has 0 saturated carbocycles. The summed E-state index contributed by atoms with van der Waals surface area (Å²) in [6.07, 6.45) is 0. The molecule has 0 bridgehead atoms. The first-order valence-electron chi connectivity index (χ1n) is 5.12. The first kappa shape index (κ1) is 10.9. The molecule has 1 aromatic carbocycles. The summed E-state index contributed by atoms with van der Waals surface area (Å²) in [4.78, 5) is 11.5. The molecule has 4 nitrogen and oxygen atoms in total. The molecule has 2 N–H and O–H groups in total. The van der Waals surface area contributed by atoms with Gasteiger partial charge in [-0.15, -0.1) is 11.3 Å². The molecule has 0 unspecified atom stereocenters. The van der Waals surface area contributed by atoms with Crippen molar-refractivity contribution in [1.82, 2.24) is 10.2 Å². The maximum atomic E-state index is 13.5. The van der Waals surface area contributed by atoms with E-state index in [1.165, 1.54) is 23.5 Å². The van der Waals surface area contributed by atoms with E-state index in [1.54, 1.807) is 12.1 Å². The van der Waals surface area contributed by atoms with E-state index in [-0.39, 0.29) is 11.5 Å². The van der Waals surface area contributed by atoms with Crippen molar-refractivity contribution in [3.05, 3.63) is 41.8 Å². The van der Waals surface area contributed by atoms with Crippen molar-refractivity contribution in [2.24, 2.45) is 0 Å². The van der Waals surface area contributed by atoms with Crippen LogP contribution in [0.3, 0.4) is 0 Å². The molecule has 0 spiro atoms. The van der Waals surface area contributed by atoms with Crippen molar-refractivity contribution in [3.8, 4) is 10.6 Å². The zero-order valence-electron chi connectivity index (χ0n) is 8.98. The van der Waals surface area contributed by atoms with Gasteiger partial charge in [0.1, 0.15) is 5.82 Å². The van der Waals surface area contributed by atoms with Crippen LogP contribution in [-0.2, 0) is 0 Å². The second-order valence-electron chi connectivity index (χ2n) is 3.73. The van der Waals surface area contributed by atoms with Crippen molar-refractivity contribution in [3.63, 3.8) is 0 Å². The zero-order valence-corrected chi connectivity index (χ0v) is 9.79. The maximum Gasteiger partial charge on any atom is 0.356 e. The molecule has 0 radical (unpaired) electrons. The number of carbonyl (C=O) groups is 1. The Labute approximate surface area is 105 Å². The molecule has 6 heteroatoms. The number of carboxylic acids is 1. The molecule has 0 amide bonds. The Balaban J connectivity index is 2.13. The third-order valence-electron chi connectivity index (χ3n) is 2.57. The summed E-state index contributed by atoms with van der Waals surface area (Å²) in [5, 5.41) is 15.6. The SMILES string of the molecule is O=C(O)c1cc(-c2cc3c(F)cccc3s2)[nH]n1. The van der Waals surface area contributed by atoms with Crippen molar-refractivity contribution in [1.29, 1.82) is 0 Å². The summed E-state index contributed by atoms with van der Waals surface area (Å²) in [7, 11) is 0. The van der Waals surface area contributed by atoms with Crippen molar-refractivity contribution >= 4 is 27.4 Å². The molecule has 0 aliphatic carbocycles. The number of H-pyrrole nitrogens is 1. The minimum atomic E-state index is -1.09. The summed E-state index contributed by atoms with van der Waals surface area (Å²) in [5.41, 5.74) is 0.524. The quantitative estimate of drug-likeness (QED) is 0.745. The highest BCUT2D eigenvalue weighted by Gasteiger charge is 2.12. The van der Waals surface area contributed by atoms with E-state index in [2.05, 4.69) is 10.2 Å². The Morgan fingerprint density at radius 3 is 2.89 bits per heavy atom. The minimum absolute atomic E-state index is 0.0528. The molecule has 0 fully saturated rings. The first-order valence-corrected chi connectivity index (χ1v) is 5.94. The molecule has 0 aliphatic heterocycles. The third kappa shape index (κ3) is 1.67. The number of fused-ring (bicyclic) bond motifs is 1. The van der Waals surface area contributed by atoms with Gasteiger partial charge in [-0.3, -0.25) is 5.10 Å². The van der Waals surface area contributed by atoms with Crippen LogP contribution < -0.4 is 0 Å². The Bertz CT molecular complexity index is 747. The van der Waals surface area contributed by atoms with Crippen LogP contribution in [-0.4, -0.2) is 21.3 Å². The van der Waals surface area contributed by atoms with Crippen LogP contribution in [0.1, 0.15) is 10.5 Å². The number of benzene rings is 1. The number of thiophene rings is 1. The molecule has 90 valence electrons. The van der Waals surface area contributed by atoms with Crippen molar-refractivity contribution < 1.29 is 14.3 Å². The smallest absolute Gasteiger partial charge is 0.356 e. The number of aromatic carboxylic acids is 1. The van der Waals surface area contributed by atoms with Crippen LogP contribution >= 0.6 is 11.3 Å². The summed E-state index contributed by atoms with van der Waals surface area (Å²) in [6.45, 7) is 0. The Kier molecular flexibility index (Phi) is 2.38. The normalized spacial score (nSPS) is 10.9. The molecular weight excluding hydrogens is 255 g/mol. The average molecular weight is 262 g/mol. The zero-order chi connectivity index (χ0) is 12.7. The van der Waals surface area contributed by atoms with Gasteiger partial charge in [0.25, 0.3) is 0 Å². The van der Waals surface area contributed by atoms with Gasteiger partial charge in [0.15, 0.2) is 5.69 Å². The Hall–Kier alpha value is -2.21. The molecule has 3 rings (SSSR count). The number of halogens is 1. The molecule has 2 heterocycles. The number of carboxylic acid groups (broad SMARTS) is 1. The number of nitrogens with zero attached hydrogens (tertiary/aromatic N) is 1. The number of nitrogens with one attached hydrogen (secondary N) is 1. The monoisotopic (exact) mass is 262 g/mol. The molecule has 0 saturated heterocycles. The van der Waals surface area contributed by atoms with Gasteiger partial charge in [0.2, 0.25) is 0 Å². The fourth-order valence-corrected chi connectivity index (χ4v) is 2.76. The Morgan fingerprint density at radius 2 is 2.22 bits per heavy atom. The van der Waals surface area contributed by atoms with Gasteiger partial charge in [-0.2, -0.15) is 5.10 Å². The lowest BCUT2D eigenvalue weighted by Crippen LogP contribution is -1.95. The second-order valence-corrected chi connectivity index (χ2v) is 4.82. The molecular formula is C12H7FN2O2S. The number of aromatic amines is 1. The fraction of sp³-hybridized carbons (Fsp3) is 0. The lowest BCUT2D eigenvalue weighted by atomic mass is 10.2. The number of rotatable bonds is 2. The minimum Gasteiger partial charge on any atom is -0.476 e. The van der Waals surface area contributed by atoms with Gasteiger partial charge in [-0.25, -0.2) is 9.18 Å². The highest BCUT2D eigenvalue weighted by molar-refractivity contribution is 7.22. The average Bonchev–Trinajstić information content (AvgIpc) is 2.95. The first-order chi connectivity index (χ1) is 8.65. The van der Waals surface area contributed by atoms with Gasteiger partial charge in [-0.05, 0) is 24.3 Å². The highest BCUT2D eigenvalue weighted by atomic mass is 32.1. The summed E-state index contributed by atoms with van der Waals surface area (Å²) < 4.78 is 14.4. The summed E-state index contributed by atoms with van der Waals surface area (Å²) >= 11 is 1.39. The molecule has 0 aliphatic rings. The highest BCUT2D eigenvalue weighted by Crippen LogP contribution is 2.33. The standard InChI is InChI=1S/C12H7FN2O2S/c13-7-2-1-3-10-6(7)4-11(18-10)8-5-9(12(16)17)15-14-8/h1-5H,(H,14,15)(H,16,17). The van der Waals surface area contributed by atoms with Gasteiger partial charge in [-0.1, -0.05) is 6.07 Å². The lowest BCUT2D eigenvalue weighted by Gasteiger charge is -1.88. The number of aromatic nitrogens is 2. The van der Waals surface area contributed by atoms with Crippen LogP contribution in [0.25, 0.3) is 20.7 Å². The molecule has 18 heavy (non-hydrogen) atoms. The van der Waals surface area contributed by atoms with Crippen LogP contribution in [0.2, 0.25) is 0 Å². The van der Waals surface area contributed by atoms with Crippen LogP contribution in [0.4, 0.5) is 4.39 Å². The molecule has 2 aromatic heterocycles.